The molecule has 0 fully saturated rings. The third-order valence-electron chi connectivity index (χ3n) is 2.67. The lowest BCUT2D eigenvalue weighted by molar-refractivity contribution is 0.466. The van der Waals surface area contributed by atoms with Crippen molar-refractivity contribution in [3.05, 3.63) is 17.5 Å². The molecule has 0 aliphatic carbocycles. The second-order valence-corrected chi connectivity index (χ2v) is 3.94. The summed E-state index contributed by atoms with van der Waals surface area (Å²) in [5.41, 5.74) is 2.45. The summed E-state index contributed by atoms with van der Waals surface area (Å²) in [6.45, 7) is 5.37. The van der Waals surface area contributed by atoms with E-state index in [0.29, 0.717) is 0 Å². The zero-order chi connectivity index (χ0) is 10.6. The Morgan fingerprint density at radius 3 is 2.71 bits per heavy atom. The Labute approximate surface area is 86.5 Å². The van der Waals surface area contributed by atoms with E-state index in [4.69, 9.17) is 0 Å². The Hall–Kier alpha value is -0.830. The van der Waals surface area contributed by atoms with Gasteiger partial charge in [0.15, 0.2) is 0 Å². The third-order valence-corrected chi connectivity index (χ3v) is 2.67. The molecule has 1 unspecified atom stereocenters. The van der Waals surface area contributed by atoms with Crippen molar-refractivity contribution in [3.8, 4) is 0 Å². The van der Waals surface area contributed by atoms with Crippen LogP contribution in [0.3, 0.4) is 0 Å². The van der Waals surface area contributed by atoms with Crippen LogP contribution in [0, 0.1) is 12.8 Å². The van der Waals surface area contributed by atoms with Crippen LogP contribution in [0.1, 0.15) is 24.7 Å². The molecule has 80 valence electrons. The first-order valence-corrected chi connectivity index (χ1v) is 5.31. The summed E-state index contributed by atoms with van der Waals surface area (Å²) in [6.07, 6.45) is 2.33. The molecule has 0 radical (unpaired) electrons. The standard InChI is InChI=1S/C11H21N3/c1-5-10(8-12-3)7-11-6-9(2)13-14(11)4/h6,10,12H,5,7-8H2,1-4H3. The highest BCUT2D eigenvalue weighted by Crippen LogP contribution is 2.11. The molecule has 0 spiro atoms. The first kappa shape index (κ1) is 11.2. The van der Waals surface area contributed by atoms with Gasteiger partial charge in [-0.1, -0.05) is 13.3 Å². The van der Waals surface area contributed by atoms with Crippen molar-refractivity contribution < 1.29 is 0 Å². The lowest BCUT2D eigenvalue weighted by atomic mass is 10.0. The molecule has 0 aliphatic heterocycles. The smallest absolute Gasteiger partial charge is 0.0596 e. The molecule has 1 N–H and O–H groups in total. The van der Waals surface area contributed by atoms with Crippen LogP contribution in [-0.2, 0) is 13.5 Å². The van der Waals surface area contributed by atoms with E-state index in [1.807, 2.05) is 25.7 Å². The SMILES string of the molecule is CCC(CNC)Cc1cc(C)nn1C. The summed E-state index contributed by atoms with van der Waals surface area (Å²) in [5, 5.41) is 7.59. The molecular weight excluding hydrogens is 174 g/mol. The average Bonchev–Trinajstić information content (AvgIpc) is 2.44. The van der Waals surface area contributed by atoms with Crippen LogP contribution in [0.2, 0.25) is 0 Å². The Morgan fingerprint density at radius 1 is 1.57 bits per heavy atom. The van der Waals surface area contributed by atoms with Gasteiger partial charge >= 0.3 is 0 Å². The van der Waals surface area contributed by atoms with E-state index < -0.39 is 0 Å². The molecule has 1 heterocycles. The zero-order valence-corrected chi connectivity index (χ0v) is 9.67. The van der Waals surface area contributed by atoms with E-state index in [1.165, 1.54) is 12.1 Å². The molecule has 0 bridgehead atoms. The molecule has 0 aliphatic rings. The minimum atomic E-state index is 0.717. The molecule has 1 aromatic heterocycles. The Bertz CT molecular complexity index is 278. The predicted molar refractivity (Wildman–Crippen MR) is 59.4 cm³/mol. The summed E-state index contributed by atoms with van der Waals surface area (Å²) in [4.78, 5) is 0. The molecular formula is C11H21N3. The van der Waals surface area contributed by atoms with Crippen molar-refractivity contribution in [3.63, 3.8) is 0 Å². The van der Waals surface area contributed by atoms with Crippen molar-refractivity contribution in [2.75, 3.05) is 13.6 Å². The monoisotopic (exact) mass is 195 g/mol. The fourth-order valence-corrected chi connectivity index (χ4v) is 1.80. The van der Waals surface area contributed by atoms with Crippen LogP contribution in [-0.4, -0.2) is 23.4 Å². The van der Waals surface area contributed by atoms with Gasteiger partial charge in [-0.2, -0.15) is 5.10 Å². The summed E-state index contributed by atoms with van der Waals surface area (Å²) < 4.78 is 1.99. The summed E-state index contributed by atoms with van der Waals surface area (Å²) in [6, 6.07) is 2.18. The second-order valence-electron chi connectivity index (χ2n) is 3.94. The summed E-state index contributed by atoms with van der Waals surface area (Å²) in [5.74, 6) is 0.717. The van der Waals surface area contributed by atoms with Gasteiger partial charge in [-0.3, -0.25) is 4.68 Å². The number of aryl methyl sites for hydroxylation is 2. The van der Waals surface area contributed by atoms with Gasteiger partial charge < -0.3 is 5.32 Å². The topological polar surface area (TPSA) is 29.9 Å². The van der Waals surface area contributed by atoms with Crippen molar-refractivity contribution in [1.82, 2.24) is 15.1 Å². The highest BCUT2D eigenvalue weighted by Gasteiger charge is 2.09. The minimum absolute atomic E-state index is 0.717. The van der Waals surface area contributed by atoms with Crippen LogP contribution in [0.4, 0.5) is 0 Å². The lowest BCUT2D eigenvalue weighted by Gasteiger charge is -2.13. The van der Waals surface area contributed by atoms with Gasteiger partial charge in [-0.25, -0.2) is 0 Å². The van der Waals surface area contributed by atoms with Gasteiger partial charge in [-0.15, -0.1) is 0 Å². The molecule has 3 nitrogen and oxygen atoms in total. The fraction of sp³-hybridized carbons (Fsp3) is 0.727. The van der Waals surface area contributed by atoms with E-state index in [9.17, 15) is 0 Å². The van der Waals surface area contributed by atoms with Crippen LogP contribution in [0.25, 0.3) is 0 Å². The molecule has 0 amide bonds. The molecule has 14 heavy (non-hydrogen) atoms. The maximum Gasteiger partial charge on any atom is 0.0596 e. The molecule has 3 heteroatoms. The summed E-state index contributed by atoms with van der Waals surface area (Å²) >= 11 is 0. The van der Waals surface area contributed by atoms with E-state index in [-0.39, 0.29) is 0 Å². The first-order chi connectivity index (χ1) is 6.67. The van der Waals surface area contributed by atoms with Gasteiger partial charge in [0.2, 0.25) is 0 Å². The number of hydrogen-bond donors (Lipinski definition) is 1. The Balaban J connectivity index is 2.61. The van der Waals surface area contributed by atoms with Crippen molar-refractivity contribution in [2.24, 2.45) is 13.0 Å². The number of nitrogens with zero attached hydrogens (tertiary/aromatic N) is 2. The van der Waals surface area contributed by atoms with E-state index in [2.05, 4.69) is 23.4 Å². The van der Waals surface area contributed by atoms with Gasteiger partial charge in [0.05, 0.1) is 5.69 Å². The van der Waals surface area contributed by atoms with Crippen LogP contribution in [0.5, 0.6) is 0 Å². The molecule has 1 rings (SSSR count). The van der Waals surface area contributed by atoms with Crippen LogP contribution in [0.15, 0.2) is 6.07 Å². The normalized spacial score (nSPS) is 13.1. The maximum atomic E-state index is 4.35. The van der Waals surface area contributed by atoms with Crippen LogP contribution >= 0.6 is 0 Å². The third kappa shape index (κ3) is 2.84. The number of rotatable bonds is 5. The van der Waals surface area contributed by atoms with Crippen LogP contribution < -0.4 is 5.32 Å². The second kappa shape index (κ2) is 5.15. The van der Waals surface area contributed by atoms with Crippen molar-refractivity contribution in [1.29, 1.82) is 0 Å². The molecule has 0 saturated heterocycles. The summed E-state index contributed by atoms with van der Waals surface area (Å²) in [7, 11) is 4.03. The Morgan fingerprint density at radius 2 is 2.29 bits per heavy atom. The highest BCUT2D eigenvalue weighted by atomic mass is 15.3. The lowest BCUT2D eigenvalue weighted by Crippen LogP contribution is -2.21. The van der Waals surface area contributed by atoms with Gasteiger partial charge in [-0.05, 0) is 38.9 Å². The van der Waals surface area contributed by atoms with Crippen molar-refractivity contribution >= 4 is 0 Å². The number of aromatic nitrogens is 2. The van der Waals surface area contributed by atoms with Crippen molar-refractivity contribution in [2.45, 2.75) is 26.7 Å². The largest absolute Gasteiger partial charge is 0.319 e. The fourth-order valence-electron chi connectivity index (χ4n) is 1.80. The first-order valence-electron chi connectivity index (χ1n) is 5.31. The molecule has 0 saturated carbocycles. The van der Waals surface area contributed by atoms with Gasteiger partial charge in [0.1, 0.15) is 0 Å². The van der Waals surface area contributed by atoms with Gasteiger partial charge in [0.25, 0.3) is 0 Å². The molecule has 1 aromatic rings. The van der Waals surface area contributed by atoms with E-state index in [1.54, 1.807) is 0 Å². The zero-order valence-electron chi connectivity index (χ0n) is 9.67. The number of hydrogen-bond acceptors (Lipinski definition) is 2. The quantitative estimate of drug-likeness (QED) is 0.772. The van der Waals surface area contributed by atoms with E-state index in [0.717, 1.165) is 24.6 Å². The highest BCUT2D eigenvalue weighted by molar-refractivity contribution is 5.09. The molecule has 0 aromatic carbocycles. The minimum Gasteiger partial charge on any atom is -0.319 e. The van der Waals surface area contributed by atoms with Gasteiger partial charge in [0, 0.05) is 12.7 Å². The Kier molecular flexibility index (Phi) is 4.14. The predicted octanol–water partition coefficient (Wildman–Crippen LogP) is 1.52. The average molecular weight is 195 g/mol. The molecule has 1 atom stereocenters. The van der Waals surface area contributed by atoms with E-state index >= 15 is 0 Å². The maximum absolute atomic E-state index is 4.35. The number of nitrogens with one attached hydrogen (secondary N) is 1.